The molecule has 0 aliphatic heterocycles. The number of benzene rings is 2. The second-order valence-corrected chi connectivity index (χ2v) is 7.83. The number of nitrogens with one attached hydrogen (secondary N) is 1. The van der Waals surface area contributed by atoms with Crippen molar-refractivity contribution in [2.24, 2.45) is 0 Å². The summed E-state index contributed by atoms with van der Waals surface area (Å²) in [5.74, 6) is -1.37. The maximum Gasteiger partial charge on any atom is 0.336 e. The van der Waals surface area contributed by atoms with Gasteiger partial charge in [0.05, 0.1) is 11.2 Å². The highest BCUT2D eigenvalue weighted by Gasteiger charge is 2.28. The lowest BCUT2D eigenvalue weighted by molar-refractivity contribution is 0.0246. The Morgan fingerprint density at radius 3 is 2.43 bits per heavy atom. The summed E-state index contributed by atoms with van der Waals surface area (Å²) in [5, 5.41) is 23.3. The van der Waals surface area contributed by atoms with Gasteiger partial charge in [-0.05, 0) is 48.2 Å². The minimum absolute atomic E-state index is 0.0813. The Bertz CT molecular complexity index is 873. The van der Waals surface area contributed by atoms with Crippen molar-refractivity contribution in [1.82, 2.24) is 5.32 Å². The zero-order valence-corrected chi connectivity index (χ0v) is 16.3. The number of halogens is 1. The van der Waals surface area contributed by atoms with E-state index in [0.717, 1.165) is 25.7 Å². The average Bonchev–Trinajstić information content (AvgIpc) is 2.91. The van der Waals surface area contributed by atoms with Crippen molar-refractivity contribution < 1.29 is 19.8 Å². The number of aromatic carboxylic acids is 1. The van der Waals surface area contributed by atoms with Gasteiger partial charge < -0.3 is 15.5 Å². The fourth-order valence-corrected chi connectivity index (χ4v) is 3.86. The number of carbonyl (C=O) groups is 2. The van der Waals surface area contributed by atoms with E-state index in [1.807, 2.05) is 0 Å². The summed E-state index contributed by atoms with van der Waals surface area (Å²) >= 11 is 5.92. The summed E-state index contributed by atoms with van der Waals surface area (Å²) < 4.78 is 0. The lowest BCUT2D eigenvalue weighted by Crippen LogP contribution is -2.42. The molecule has 0 aromatic heterocycles. The molecular formula is C22H24ClNO4. The third kappa shape index (κ3) is 4.91. The molecule has 0 atom stereocenters. The normalized spacial score (nSPS) is 16.2. The van der Waals surface area contributed by atoms with E-state index < -0.39 is 11.6 Å². The highest BCUT2D eigenvalue weighted by molar-refractivity contribution is 6.31. The minimum atomic E-state index is -1.08. The second kappa shape index (κ2) is 8.76. The van der Waals surface area contributed by atoms with E-state index in [1.165, 1.54) is 6.07 Å². The van der Waals surface area contributed by atoms with Gasteiger partial charge in [0.1, 0.15) is 0 Å². The Morgan fingerprint density at radius 2 is 1.75 bits per heavy atom. The number of rotatable bonds is 5. The van der Waals surface area contributed by atoms with Crippen LogP contribution < -0.4 is 5.32 Å². The number of carboxylic acid groups (broad SMARTS) is 1. The van der Waals surface area contributed by atoms with Gasteiger partial charge in [0.25, 0.3) is 5.91 Å². The van der Waals surface area contributed by atoms with Gasteiger partial charge in [0, 0.05) is 17.1 Å². The van der Waals surface area contributed by atoms with Crippen LogP contribution in [0.3, 0.4) is 0 Å². The largest absolute Gasteiger partial charge is 0.478 e. The Labute approximate surface area is 169 Å². The number of amides is 1. The zero-order valence-electron chi connectivity index (χ0n) is 15.6. The fourth-order valence-electron chi connectivity index (χ4n) is 3.68. The molecule has 0 bridgehead atoms. The molecule has 0 radical (unpaired) electrons. The molecule has 6 heteroatoms. The van der Waals surface area contributed by atoms with Crippen molar-refractivity contribution in [1.29, 1.82) is 0 Å². The first-order chi connectivity index (χ1) is 13.4. The van der Waals surface area contributed by atoms with Crippen molar-refractivity contribution in [2.75, 3.05) is 6.54 Å². The van der Waals surface area contributed by atoms with E-state index in [1.54, 1.807) is 36.4 Å². The molecule has 3 rings (SSSR count). The predicted molar refractivity (Wildman–Crippen MR) is 109 cm³/mol. The maximum absolute atomic E-state index is 12.6. The third-order valence-electron chi connectivity index (χ3n) is 5.26. The highest BCUT2D eigenvalue weighted by atomic mass is 35.5. The molecule has 0 unspecified atom stereocenters. The van der Waals surface area contributed by atoms with Crippen molar-refractivity contribution in [2.45, 2.75) is 44.1 Å². The molecule has 1 aliphatic carbocycles. The monoisotopic (exact) mass is 401 g/mol. The van der Waals surface area contributed by atoms with Crippen LogP contribution >= 0.6 is 11.6 Å². The molecule has 0 saturated heterocycles. The van der Waals surface area contributed by atoms with Gasteiger partial charge >= 0.3 is 5.97 Å². The van der Waals surface area contributed by atoms with Crippen LogP contribution in [0.4, 0.5) is 0 Å². The summed E-state index contributed by atoms with van der Waals surface area (Å²) in [6.45, 7) is 0.220. The standard InChI is InChI=1S/C22H24ClNO4/c23-17-8-9-18(19(13-17)21(26)27)15-6-5-7-16(12-15)20(25)24-14-22(28)10-3-1-2-4-11-22/h5-9,12-13,28H,1-4,10-11,14H2,(H,24,25)(H,26,27). The van der Waals surface area contributed by atoms with Crippen molar-refractivity contribution in [3.8, 4) is 11.1 Å². The van der Waals surface area contributed by atoms with Crippen molar-refractivity contribution in [3.63, 3.8) is 0 Å². The Balaban J connectivity index is 1.78. The van der Waals surface area contributed by atoms with E-state index in [9.17, 15) is 19.8 Å². The first-order valence-electron chi connectivity index (χ1n) is 9.52. The summed E-state index contributed by atoms with van der Waals surface area (Å²) in [5.41, 5.74) is 0.763. The summed E-state index contributed by atoms with van der Waals surface area (Å²) in [4.78, 5) is 24.2. The quantitative estimate of drug-likeness (QED) is 0.643. The molecule has 1 aliphatic rings. The average molecular weight is 402 g/mol. The van der Waals surface area contributed by atoms with Gasteiger partial charge in [0.15, 0.2) is 0 Å². The molecule has 28 heavy (non-hydrogen) atoms. The summed E-state index contributed by atoms with van der Waals surface area (Å²) in [7, 11) is 0. The first-order valence-corrected chi connectivity index (χ1v) is 9.90. The lowest BCUT2D eigenvalue weighted by Gasteiger charge is -2.26. The second-order valence-electron chi connectivity index (χ2n) is 7.40. The Kier molecular flexibility index (Phi) is 6.37. The zero-order chi connectivity index (χ0) is 20.1. The van der Waals surface area contributed by atoms with Crippen molar-refractivity contribution >= 4 is 23.5 Å². The molecule has 1 saturated carbocycles. The van der Waals surface area contributed by atoms with Gasteiger partial charge in [0.2, 0.25) is 0 Å². The van der Waals surface area contributed by atoms with Crippen LogP contribution in [0.1, 0.15) is 59.2 Å². The highest BCUT2D eigenvalue weighted by Crippen LogP contribution is 2.28. The molecule has 0 heterocycles. The molecule has 148 valence electrons. The van der Waals surface area contributed by atoms with E-state index in [2.05, 4.69) is 5.32 Å². The number of hydrogen-bond acceptors (Lipinski definition) is 3. The van der Waals surface area contributed by atoms with Gasteiger partial charge in [-0.2, -0.15) is 0 Å². The topological polar surface area (TPSA) is 86.6 Å². The molecule has 5 nitrogen and oxygen atoms in total. The lowest BCUT2D eigenvalue weighted by atomic mass is 9.94. The van der Waals surface area contributed by atoms with E-state index in [4.69, 9.17) is 11.6 Å². The molecule has 1 amide bonds. The van der Waals surface area contributed by atoms with Crippen LogP contribution in [-0.4, -0.2) is 34.2 Å². The van der Waals surface area contributed by atoms with Crippen LogP contribution in [0.15, 0.2) is 42.5 Å². The number of carbonyl (C=O) groups excluding carboxylic acids is 1. The van der Waals surface area contributed by atoms with Crippen LogP contribution in [0.25, 0.3) is 11.1 Å². The molecule has 2 aromatic carbocycles. The molecule has 3 N–H and O–H groups in total. The minimum Gasteiger partial charge on any atom is -0.478 e. The van der Waals surface area contributed by atoms with E-state index in [0.29, 0.717) is 34.6 Å². The van der Waals surface area contributed by atoms with Crippen LogP contribution in [0.5, 0.6) is 0 Å². The van der Waals surface area contributed by atoms with Crippen LogP contribution in [0, 0.1) is 0 Å². The molecule has 1 fully saturated rings. The summed E-state index contributed by atoms with van der Waals surface area (Å²) in [6, 6.07) is 11.5. The van der Waals surface area contributed by atoms with Gasteiger partial charge in [-0.3, -0.25) is 4.79 Å². The Hall–Kier alpha value is -2.37. The van der Waals surface area contributed by atoms with E-state index >= 15 is 0 Å². The first kappa shape index (κ1) is 20.4. The van der Waals surface area contributed by atoms with Gasteiger partial charge in [-0.15, -0.1) is 0 Å². The maximum atomic E-state index is 12.6. The molecule has 2 aromatic rings. The number of hydrogen-bond donors (Lipinski definition) is 3. The fraction of sp³-hybridized carbons (Fsp3) is 0.364. The van der Waals surface area contributed by atoms with Crippen LogP contribution in [-0.2, 0) is 0 Å². The molecular weight excluding hydrogens is 378 g/mol. The predicted octanol–water partition coefficient (Wildman–Crippen LogP) is 4.52. The third-order valence-corrected chi connectivity index (χ3v) is 5.50. The smallest absolute Gasteiger partial charge is 0.336 e. The van der Waals surface area contributed by atoms with Gasteiger partial charge in [-0.1, -0.05) is 55.5 Å². The van der Waals surface area contributed by atoms with Crippen LogP contribution in [0.2, 0.25) is 5.02 Å². The van der Waals surface area contributed by atoms with Gasteiger partial charge in [-0.25, -0.2) is 4.79 Å². The molecule has 0 spiro atoms. The Morgan fingerprint density at radius 1 is 1.04 bits per heavy atom. The summed E-state index contributed by atoms with van der Waals surface area (Å²) in [6.07, 6.45) is 5.56. The number of carboxylic acids is 1. The number of aliphatic hydroxyl groups is 1. The SMILES string of the molecule is O=C(NCC1(O)CCCCCC1)c1cccc(-c2ccc(Cl)cc2C(=O)O)c1. The van der Waals surface area contributed by atoms with E-state index in [-0.39, 0.29) is 18.0 Å². The van der Waals surface area contributed by atoms with Crippen molar-refractivity contribution in [3.05, 3.63) is 58.6 Å².